The lowest BCUT2D eigenvalue weighted by atomic mass is 10.0. The van der Waals surface area contributed by atoms with E-state index >= 15 is 0 Å². The van der Waals surface area contributed by atoms with E-state index in [0.29, 0.717) is 44.0 Å². The first kappa shape index (κ1) is 29.9. The number of hydrogen-bond acceptors (Lipinski definition) is 7. The Morgan fingerprint density at radius 3 is 2.38 bits per heavy atom. The zero-order valence-corrected chi connectivity index (χ0v) is 25.3. The lowest BCUT2D eigenvalue weighted by molar-refractivity contribution is -0.137. The molecule has 1 N–H and O–H groups in total. The molecule has 0 saturated carbocycles. The van der Waals surface area contributed by atoms with E-state index in [1.807, 2.05) is 11.8 Å². The maximum absolute atomic E-state index is 13.8. The first-order valence-corrected chi connectivity index (χ1v) is 14.3. The van der Waals surface area contributed by atoms with Crippen molar-refractivity contribution in [3.8, 4) is 0 Å². The number of fused-ring (bicyclic) bond motifs is 3. The highest BCUT2D eigenvalue weighted by Crippen LogP contribution is 2.42. The van der Waals surface area contributed by atoms with Gasteiger partial charge < -0.3 is 19.9 Å². The van der Waals surface area contributed by atoms with Crippen molar-refractivity contribution in [2.75, 3.05) is 36.4 Å². The van der Waals surface area contributed by atoms with Crippen molar-refractivity contribution >= 4 is 45.1 Å². The van der Waals surface area contributed by atoms with Gasteiger partial charge in [0.2, 0.25) is 16.4 Å². The van der Waals surface area contributed by atoms with Crippen LogP contribution in [-0.4, -0.2) is 67.8 Å². The number of amides is 2. The summed E-state index contributed by atoms with van der Waals surface area (Å²) in [5.74, 6) is -0.512. The van der Waals surface area contributed by atoms with Gasteiger partial charge in [-0.15, -0.1) is 5.10 Å². The number of benzene rings is 1. The van der Waals surface area contributed by atoms with E-state index in [1.165, 1.54) is 13.0 Å². The van der Waals surface area contributed by atoms with E-state index in [2.05, 4.69) is 31.3 Å². The van der Waals surface area contributed by atoms with Crippen LogP contribution in [0.1, 0.15) is 62.9 Å². The summed E-state index contributed by atoms with van der Waals surface area (Å²) in [6.07, 6.45) is -4.59. The Balaban J connectivity index is 1.48. The molecule has 3 aromatic rings. The molecule has 1 fully saturated rings. The molecule has 2 aliphatic heterocycles. The largest absolute Gasteiger partial charge is 0.444 e. The van der Waals surface area contributed by atoms with E-state index in [4.69, 9.17) is 4.74 Å². The van der Waals surface area contributed by atoms with Crippen LogP contribution in [0.15, 0.2) is 27.7 Å². The van der Waals surface area contributed by atoms with Crippen molar-refractivity contribution in [3.63, 3.8) is 0 Å². The van der Waals surface area contributed by atoms with Gasteiger partial charge in [0.05, 0.1) is 11.3 Å². The van der Waals surface area contributed by atoms with Crippen LogP contribution in [0.2, 0.25) is 0 Å². The first-order chi connectivity index (χ1) is 19.5. The monoisotopic (exact) mass is 653 g/mol. The molecule has 2 amide bonds. The molecule has 226 valence electrons. The van der Waals surface area contributed by atoms with Crippen molar-refractivity contribution in [1.82, 2.24) is 24.1 Å². The van der Waals surface area contributed by atoms with Gasteiger partial charge in [-0.1, -0.05) is 6.92 Å². The van der Waals surface area contributed by atoms with Crippen LogP contribution >= 0.6 is 15.9 Å². The summed E-state index contributed by atoms with van der Waals surface area (Å²) >= 11 is 3.23. The van der Waals surface area contributed by atoms with E-state index in [0.717, 1.165) is 16.6 Å². The van der Waals surface area contributed by atoms with Crippen LogP contribution in [0.4, 0.5) is 29.3 Å². The summed E-state index contributed by atoms with van der Waals surface area (Å²) in [7, 11) is 0. The molecule has 1 aromatic carbocycles. The van der Waals surface area contributed by atoms with Crippen molar-refractivity contribution in [1.29, 1.82) is 0 Å². The molecule has 0 unspecified atom stereocenters. The van der Waals surface area contributed by atoms with E-state index in [-0.39, 0.29) is 27.7 Å². The average Bonchev–Trinajstić information content (AvgIpc) is 3.44. The predicted molar refractivity (Wildman–Crippen MR) is 152 cm³/mol. The number of alkyl halides is 3. The van der Waals surface area contributed by atoms with Crippen LogP contribution in [0.25, 0.3) is 5.78 Å². The maximum atomic E-state index is 13.8. The van der Waals surface area contributed by atoms with E-state index in [9.17, 15) is 27.6 Å². The van der Waals surface area contributed by atoms with Gasteiger partial charge in [-0.25, -0.2) is 4.79 Å². The highest BCUT2D eigenvalue weighted by molar-refractivity contribution is 9.10. The topological polar surface area (TPSA) is 114 Å². The Kier molecular flexibility index (Phi) is 7.52. The summed E-state index contributed by atoms with van der Waals surface area (Å²) in [5, 5.41) is 6.99. The highest BCUT2D eigenvalue weighted by Gasteiger charge is 2.40. The molecule has 4 heterocycles. The number of aryl methyl sites for hydroxylation is 1. The van der Waals surface area contributed by atoms with E-state index < -0.39 is 40.9 Å². The molecular formula is C27H31BrF3N7O4. The normalized spacial score (nSPS) is 19.3. The molecule has 5 rings (SSSR count). The minimum atomic E-state index is -4.50. The fraction of sp³-hybridized carbons (Fsp3) is 0.519. The summed E-state index contributed by atoms with van der Waals surface area (Å²) < 4.78 is 47.9. The molecule has 1 saturated heterocycles. The molecule has 2 aromatic heterocycles. The molecule has 0 aliphatic carbocycles. The lowest BCUT2D eigenvalue weighted by Crippen LogP contribution is -2.51. The number of carbonyl (C=O) groups excluding carboxylic acids is 2. The molecule has 42 heavy (non-hydrogen) atoms. The Morgan fingerprint density at radius 1 is 1.12 bits per heavy atom. The van der Waals surface area contributed by atoms with Gasteiger partial charge in [-0.2, -0.15) is 22.7 Å². The molecule has 2 atom stereocenters. The van der Waals surface area contributed by atoms with Gasteiger partial charge in [-0.3, -0.25) is 14.2 Å². The summed E-state index contributed by atoms with van der Waals surface area (Å²) in [6.45, 7) is 10.2. The van der Waals surface area contributed by atoms with Crippen molar-refractivity contribution in [3.05, 3.63) is 50.1 Å². The zero-order valence-electron chi connectivity index (χ0n) is 23.8. The second kappa shape index (κ2) is 10.6. The minimum Gasteiger partial charge on any atom is -0.444 e. The number of anilines is 2. The second-order valence-electron chi connectivity index (χ2n) is 11.6. The van der Waals surface area contributed by atoms with Crippen LogP contribution in [0.5, 0.6) is 0 Å². The zero-order chi connectivity index (χ0) is 30.7. The first-order valence-electron chi connectivity index (χ1n) is 13.5. The molecule has 15 heteroatoms. The van der Waals surface area contributed by atoms with Crippen LogP contribution in [0.3, 0.4) is 0 Å². The Morgan fingerprint density at radius 2 is 1.79 bits per heavy atom. The van der Waals surface area contributed by atoms with Gasteiger partial charge in [0.1, 0.15) is 17.3 Å². The molecule has 0 bridgehead atoms. The van der Waals surface area contributed by atoms with Gasteiger partial charge in [0, 0.05) is 37.8 Å². The Labute approximate surface area is 247 Å². The number of nitrogens with one attached hydrogen (secondary N) is 1. The third-order valence-corrected chi connectivity index (χ3v) is 7.73. The van der Waals surface area contributed by atoms with Crippen LogP contribution in [0, 0.1) is 6.92 Å². The number of halogens is 4. The fourth-order valence-corrected chi connectivity index (χ4v) is 5.81. The standard InChI is InChI=1S/C27H31BrF3N7O4/c1-14-12-16(27(29,30)31)6-7-17(14)32-21(39)18-13-15(2)19-20(22(40)38-24(37(18)19)33-23(28)34-38)35-8-10-36(11-9-35)25(41)42-26(3,4)5/h6-7,12,15,18H,8-11,13H2,1-5H3,(H,32,39)/t15-,18+/m0/s1. The van der Waals surface area contributed by atoms with Crippen LogP contribution in [-0.2, 0) is 15.7 Å². The molecule has 11 nitrogen and oxygen atoms in total. The minimum absolute atomic E-state index is 0.165. The third kappa shape index (κ3) is 5.57. The van der Waals surface area contributed by atoms with Crippen LogP contribution < -0.4 is 15.8 Å². The SMILES string of the molecule is Cc1cc(C(F)(F)F)ccc1NC(=O)[C@H]1C[C@H](C)c2c(N3CCN(C(=O)OC(C)(C)C)CC3)c(=O)n3nc(Br)nc3n21. The Hall–Kier alpha value is -3.62. The maximum Gasteiger partial charge on any atom is 0.416 e. The fourth-order valence-electron chi connectivity index (χ4n) is 5.49. The summed E-state index contributed by atoms with van der Waals surface area (Å²) in [5.41, 5.74) is -0.327. The molecule has 2 aliphatic rings. The highest BCUT2D eigenvalue weighted by atomic mass is 79.9. The number of rotatable bonds is 3. The van der Waals surface area contributed by atoms with E-state index in [1.54, 1.807) is 30.2 Å². The smallest absolute Gasteiger partial charge is 0.416 e. The second-order valence-corrected chi connectivity index (χ2v) is 12.3. The number of aromatic nitrogens is 4. The molecule has 0 radical (unpaired) electrons. The van der Waals surface area contributed by atoms with Crippen molar-refractivity contribution in [2.24, 2.45) is 0 Å². The Bertz CT molecular complexity index is 1620. The lowest BCUT2D eigenvalue weighted by Gasteiger charge is -2.37. The molecule has 0 spiro atoms. The van der Waals surface area contributed by atoms with Gasteiger partial charge in [-0.05, 0) is 73.8 Å². The summed E-state index contributed by atoms with van der Waals surface area (Å²) in [4.78, 5) is 47.8. The predicted octanol–water partition coefficient (Wildman–Crippen LogP) is 4.72. The van der Waals surface area contributed by atoms with Gasteiger partial charge >= 0.3 is 12.3 Å². The number of piperazine rings is 1. The van der Waals surface area contributed by atoms with Crippen molar-refractivity contribution < 1.29 is 27.5 Å². The number of ether oxygens (including phenoxy) is 1. The number of carbonyl (C=O) groups is 2. The quantitative estimate of drug-likeness (QED) is 0.435. The number of nitrogens with zero attached hydrogens (tertiary/aromatic N) is 6. The van der Waals surface area contributed by atoms with Gasteiger partial charge in [0.15, 0.2) is 0 Å². The van der Waals surface area contributed by atoms with Crippen molar-refractivity contribution in [2.45, 2.75) is 64.8 Å². The molecular weight excluding hydrogens is 623 g/mol. The van der Waals surface area contributed by atoms with Gasteiger partial charge in [0.25, 0.3) is 5.56 Å². The number of hydrogen-bond donors (Lipinski definition) is 1. The summed E-state index contributed by atoms with van der Waals surface area (Å²) in [6, 6.07) is 2.34. The third-order valence-electron chi connectivity index (χ3n) is 7.39. The average molecular weight is 654 g/mol.